The Morgan fingerprint density at radius 2 is 1.66 bits per heavy atom. The monoisotopic (exact) mass is 587 g/mol. The topological polar surface area (TPSA) is 69.7 Å². The second kappa shape index (κ2) is 12.8. The molecular formula is C33H31Cl2N3O3. The Hall–Kier alpha value is -3.87. The molecule has 1 heterocycles. The van der Waals surface area contributed by atoms with Crippen molar-refractivity contribution in [2.45, 2.75) is 38.8 Å². The number of likely N-dealkylation sites (N-methyl/N-ethyl adjacent to an activating group) is 1. The van der Waals surface area contributed by atoms with Crippen molar-refractivity contribution in [3.8, 4) is 0 Å². The minimum Gasteiger partial charge on any atom is -0.355 e. The van der Waals surface area contributed by atoms with Gasteiger partial charge in [-0.15, -0.1) is 0 Å². The molecule has 0 fully saturated rings. The first-order chi connectivity index (χ1) is 19.9. The molecule has 0 bridgehead atoms. The summed E-state index contributed by atoms with van der Waals surface area (Å²) in [4.78, 5) is 43.8. The van der Waals surface area contributed by atoms with E-state index < -0.39 is 6.04 Å². The van der Waals surface area contributed by atoms with Gasteiger partial charge in [0, 0.05) is 43.4 Å². The van der Waals surface area contributed by atoms with Gasteiger partial charge in [0.1, 0.15) is 6.04 Å². The third-order valence-electron chi connectivity index (χ3n) is 7.38. The quantitative estimate of drug-likeness (QED) is 0.213. The van der Waals surface area contributed by atoms with Crippen LogP contribution in [0.25, 0.3) is 10.8 Å². The molecule has 3 amide bonds. The smallest absolute Gasteiger partial charge is 0.258 e. The summed E-state index contributed by atoms with van der Waals surface area (Å²) in [7, 11) is 0. The maximum absolute atomic E-state index is 13.9. The summed E-state index contributed by atoms with van der Waals surface area (Å²) in [5, 5.41) is 5.68. The van der Waals surface area contributed by atoms with E-state index in [-0.39, 0.29) is 30.7 Å². The number of nitrogens with one attached hydrogen (secondary N) is 1. The molecule has 1 aliphatic heterocycles. The summed E-state index contributed by atoms with van der Waals surface area (Å²) in [6, 6.07) is 25.8. The van der Waals surface area contributed by atoms with Crippen molar-refractivity contribution in [1.29, 1.82) is 0 Å². The Kier molecular flexibility index (Phi) is 8.91. The second-order valence-electron chi connectivity index (χ2n) is 10.1. The molecule has 0 radical (unpaired) electrons. The van der Waals surface area contributed by atoms with Crippen molar-refractivity contribution >= 4 is 57.4 Å². The van der Waals surface area contributed by atoms with E-state index in [0.717, 1.165) is 27.6 Å². The van der Waals surface area contributed by atoms with Crippen molar-refractivity contribution in [2.24, 2.45) is 0 Å². The molecule has 0 saturated carbocycles. The van der Waals surface area contributed by atoms with Crippen LogP contribution in [0.15, 0.2) is 84.9 Å². The molecule has 4 aromatic carbocycles. The lowest BCUT2D eigenvalue weighted by atomic mass is 10.0. The van der Waals surface area contributed by atoms with Gasteiger partial charge in [-0.2, -0.15) is 0 Å². The number of carbonyl (C=O) groups excluding carboxylic acids is 3. The van der Waals surface area contributed by atoms with Crippen LogP contribution in [0.4, 0.5) is 5.69 Å². The van der Waals surface area contributed by atoms with Crippen LogP contribution < -0.4 is 10.2 Å². The standard InChI is InChI=1S/C33H31Cl2N3O3/c1-2-36-32(40)29(20-22-9-4-3-5-10-22)38(21-23-16-17-26(34)27(35)19-23)30(39)15-8-18-37-28-14-7-12-24-11-6-13-25(31(24)28)33(37)41/h3-7,9-14,16-17,19,29H,2,8,15,18,20-21H2,1H3,(H,36,40)/t29-/m0/s1. The number of hydrogen-bond donors (Lipinski definition) is 1. The summed E-state index contributed by atoms with van der Waals surface area (Å²) >= 11 is 12.4. The van der Waals surface area contributed by atoms with Crippen LogP contribution in [-0.2, 0) is 22.6 Å². The number of halogens is 2. The van der Waals surface area contributed by atoms with E-state index in [1.165, 1.54) is 0 Å². The van der Waals surface area contributed by atoms with Gasteiger partial charge in [0.05, 0.1) is 15.7 Å². The van der Waals surface area contributed by atoms with Crippen LogP contribution in [0.5, 0.6) is 0 Å². The second-order valence-corrected chi connectivity index (χ2v) is 10.9. The van der Waals surface area contributed by atoms with Gasteiger partial charge in [0.25, 0.3) is 5.91 Å². The number of anilines is 1. The summed E-state index contributed by atoms with van der Waals surface area (Å²) < 4.78 is 0. The Morgan fingerprint density at radius 3 is 2.39 bits per heavy atom. The van der Waals surface area contributed by atoms with Gasteiger partial charge in [-0.25, -0.2) is 0 Å². The van der Waals surface area contributed by atoms with Gasteiger partial charge in [-0.3, -0.25) is 14.4 Å². The molecule has 5 rings (SSSR count). The van der Waals surface area contributed by atoms with E-state index in [1.807, 2.05) is 79.7 Å². The molecular weight excluding hydrogens is 557 g/mol. The number of rotatable bonds is 11. The largest absolute Gasteiger partial charge is 0.355 e. The Bertz CT molecular complexity index is 1590. The molecule has 1 atom stereocenters. The average molecular weight is 589 g/mol. The Balaban J connectivity index is 1.37. The highest BCUT2D eigenvalue weighted by molar-refractivity contribution is 6.42. The Morgan fingerprint density at radius 1 is 0.902 bits per heavy atom. The average Bonchev–Trinajstić information content (AvgIpc) is 3.25. The molecule has 41 heavy (non-hydrogen) atoms. The molecule has 8 heteroatoms. The lowest BCUT2D eigenvalue weighted by Gasteiger charge is -2.32. The van der Waals surface area contributed by atoms with E-state index in [0.29, 0.717) is 41.5 Å². The van der Waals surface area contributed by atoms with Gasteiger partial charge in [-0.1, -0.05) is 83.9 Å². The molecule has 0 spiro atoms. The van der Waals surface area contributed by atoms with E-state index in [9.17, 15) is 14.4 Å². The number of hydrogen-bond acceptors (Lipinski definition) is 3. The van der Waals surface area contributed by atoms with Crippen LogP contribution in [0.2, 0.25) is 10.0 Å². The first-order valence-corrected chi connectivity index (χ1v) is 14.5. The SMILES string of the molecule is CCNC(=O)[C@H](Cc1ccccc1)N(Cc1ccc(Cl)c(Cl)c1)C(=O)CCCN1C(=O)c2cccc3cccc1c23. The molecule has 1 aliphatic rings. The van der Waals surface area contributed by atoms with Crippen LogP contribution in [0, 0.1) is 0 Å². The minimum atomic E-state index is -0.731. The van der Waals surface area contributed by atoms with Crippen molar-refractivity contribution < 1.29 is 14.4 Å². The number of amides is 3. The lowest BCUT2D eigenvalue weighted by Crippen LogP contribution is -2.50. The van der Waals surface area contributed by atoms with E-state index in [1.54, 1.807) is 21.9 Å². The van der Waals surface area contributed by atoms with Gasteiger partial charge in [-0.05, 0) is 54.1 Å². The van der Waals surface area contributed by atoms with Crippen molar-refractivity contribution in [2.75, 3.05) is 18.0 Å². The van der Waals surface area contributed by atoms with Gasteiger partial charge < -0.3 is 15.1 Å². The highest BCUT2D eigenvalue weighted by atomic mass is 35.5. The van der Waals surface area contributed by atoms with Crippen LogP contribution in [-0.4, -0.2) is 41.8 Å². The molecule has 210 valence electrons. The fraction of sp³-hybridized carbons (Fsp3) is 0.242. The predicted molar refractivity (Wildman–Crippen MR) is 164 cm³/mol. The Labute approximate surface area is 249 Å². The highest BCUT2D eigenvalue weighted by Gasteiger charge is 2.32. The summed E-state index contributed by atoms with van der Waals surface area (Å²) in [6.45, 7) is 2.89. The third kappa shape index (κ3) is 6.24. The van der Waals surface area contributed by atoms with Crippen molar-refractivity contribution in [3.63, 3.8) is 0 Å². The zero-order chi connectivity index (χ0) is 28.9. The molecule has 0 aliphatic carbocycles. The molecule has 0 unspecified atom stereocenters. The van der Waals surface area contributed by atoms with Crippen molar-refractivity contribution in [1.82, 2.24) is 10.2 Å². The van der Waals surface area contributed by atoms with E-state index in [4.69, 9.17) is 23.2 Å². The normalized spacial score (nSPS) is 13.0. The first kappa shape index (κ1) is 28.7. The van der Waals surface area contributed by atoms with Gasteiger partial charge >= 0.3 is 0 Å². The zero-order valence-electron chi connectivity index (χ0n) is 22.8. The lowest BCUT2D eigenvalue weighted by molar-refractivity contribution is -0.141. The molecule has 6 nitrogen and oxygen atoms in total. The fourth-order valence-corrected chi connectivity index (χ4v) is 5.73. The molecule has 1 N–H and O–H groups in total. The maximum atomic E-state index is 13.9. The van der Waals surface area contributed by atoms with Crippen LogP contribution in [0.3, 0.4) is 0 Å². The molecule has 0 aromatic heterocycles. The summed E-state index contributed by atoms with van der Waals surface area (Å²) in [5.74, 6) is -0.451. The van der Waals surface area contributed by atoms with Gasteiger partial charge in [0.15, 0.2) is 0 Å². The molecule has 0 saturated heterocycles. The zero-order valence-corrected chi connectivity index (χ0v) is 24.3. The third-order valence-corrected chi connectivity index (χ3v) is 8.12. The van der Waals surface area contributed by atoms with E-state index in [2.05, 4.69) is 5.32 Å². The van der Waals surface area contributed by atoms with E-state index >= 15 is 0 Å². The van der Waals surface area contributed by atoms with Crippen LogP contribution in [0.1, 0.15) is 41.3 Å². The minimum absolute atomic E-state index is 0.0545. The number of benzene rings is 4. The maximum Gasteiger partial charge on any atom is 0.258 e. The molecule has 4 aromatic rings. The van der Waals surface area contributed by atoms with Crippen LogP contribution >= 0.6 is 23.2 Å². The fourth-order valence-electron chi connectivity index (χ4n) is 5.41. The predicted octanol–water partition coefficient (Wildman–Crippen LogP) is 6.66. The summed E-state index contributed by atoms with van der Waals surface area (Å²) in [5.41, 5.74) is 3.27. The van der Waals surface area contributed by atoms with Gasteiger partial charge in [0.2, 0.25) is 11.8 Å². The number of carbonyl (C=O) groups is 3. The first-order valence-electron chi connectivity index (χ1n) is 13.8. The highest BCUT2D eigenvalue weighted by Crippen LogP contribution is 2.37. The van der Waals surface area contributed by atoms with Crippen molar-refractivity contribution in [3.05, 3.63) is 112 Å². The number of nitrogens with zero attached hydrogens (tertiary/aromatic N) is 2. The summed E-state index contributed by atoms with van der Waals surface area (Å²) in [6.07, 6.45) is 0.976.